The molecule has 1 saturated heterocycles. The van der Waals surface area contributed by atoms with E-state index in [1.807, 2.05) is 12.3 Å². The van der Waals surface area contributed by atoms with Gasteiger partial charge in [0.1, 0.15) is 5.82 Å². The van der Waals surface area contributed by atoms with E-state index in [-0.39, 0.29) is 0 Å². The van der Waals surface area contributed by atoms with Crippen LogP contribution in [0.1, 0.15) is 25.3 Å². The second-order valence-electron chi connectivity index (χ2n) is 4.33. The van der Waals surface area contributed by atoms with E-state index in [0.29, 0.717) is 5.92 Å². The molecule has 2 rings (SSSR count). The second-order valence-corrected chi connectivity index (χ2v) is 4.74. The lowest BCUT2D eigenvalue weighted by Gasteiger charge is -2.28. The van der Waals surface area contributed by atoms with Crippen molar-refractivity contribution >= 4 is 17.4 Å². The average molecular weight is 241 g/mol. The first-order valence-electron chi connectivity index (χ1n) is 5.66. The molecule has 88 valence electrons. The lowest BCUT2D eigenvalue weighted by molar-refractivity contribution is 0.122. The molecule has 0 atom stereocenters. The van der Waals surface area contributed by atoms with Crippen molar-refractivity contribution < 1.29 is 4.74 Å². The van der Waals surface area contributed by atoms with Gasteiger partial charge in [-0.3, -0.25) is 0 Å². The third-order valence-electron chi connectivity index (χ3n) is 2.82. The van der Waals surface area contributed by atoms with Gasteiger partial charge in [-0.2, -0.15) is 0 Å². The molecule has 1 aliphatic heterocycles. The summed E-state index contributed by atoms with van der Waals surface area (Å²) < 4.78 is 5.31. The molecule has 0 aliphatic carbocycles. The van der Waals surface area contributed by atoms with Crippen LogP contribution in [0.15, 0.2) is 12.3 Å². The molecule has 1 aromatic rings. The smallest absolute Gasteiger partial charge is 0.147 e. The van der Waals surface area contributed by atoms with E-state index in [1.54, 1.807) is 0 Å². The van der Waals surface area contributed by atoms with Gasteiger partial charge in [-0.05, 0) is 17.5 Å². The maximum absolute atomic E-state index is 6.26. The van der Waals surface area contributed by atoms with Gasteiger partial charge in [0.15, 0.2) is 0 Å². The van der Waals surface area contributed by atoms with Crippen LogP contribution < -0.4 is 4.90 Å². The van der Waals surface area contributed by atoms with Crippen molar-refractivity contribution in [1.82, 2.24) is 4.98 Å². The van der Waals surface area contributed by atoms with Crippen molar-refractivity contribution in [3.8, 4) is 0 Å². The number of hydrogen-bond donors (Lipinski definition) is 0. The molecule has 0 saturated carbocycles. The molecule has 1 aromatic heterocycles. The third kappa shape index (κ3) is 2.47. The van der Waals surface area contributed by atoms with E-state index in [1.165, 1.54) is 5.56 Å². The number of hydrogen-bond acceptors (Lipinski definition) is 3. The first-order chi connectivity index (χ1) is 7.68. The van der Waals surface area contributed by atoms with Crippen molar-refractivity contribution in [1.29, 1.82) is 0 Å². The number of morpholine rings is 1. The molecule has 0 aromatic carbocycles. The van der Waals surface area contributed by atoms with E-state index in [0.717, 1.165) is 37.1 Å². The number of pyridine rings is 1. The molecule has 0 N–H and O–H groups in total. The molecule has 0 spiro atoms. The fourth-order valence-corrected chi connectivity index (χ4v) is 2.06. The van der Waals surface area contributed by atoms with Crippen molar-refractivity contribution in [2.45, 2.75) is 19.8 Å². The highest BCUT2D eigenvalue weighted by molar-refractivity contribution is 6.33. The normalized spacial score (nSPS) is 16.9. The third-order valence-corrected chi connectivity index (χ3v) is 3.10. The van der Waals surface area contributed by atoms with Gasteiger partial charge in [-0.15, -0.1) is 0 Å². The van der Waals surface area contributed by atoms with Gasteiger partial charge >= 0.3 is 0 Å². The highest BCUT2D eigenvalue weighted by Gasteiger charge is 2.16. The fourth-order valence-electron chi connectivity index (χ4n) is 1.77. The van der Waals surface area contributed by atoms with Crippen LogP contribution in [-0.2, 0) is 4.74 Å². The van der Waals surface area contributed by atoms with Crippen molar-refractivity contribution in [2.24, 2.45) is 0 Å². The molecule has 2 heterocycles. The number of aromatic nitrogens is 1. The van der Waals surface area contributed by atoms with Gasteiger partial charge in [0.25, 0.3) is 0 Å². The molecule has 0 radical (unpaired) electrons. The zero-order valence-corrected chi connectivity index (χ0v) is 10.5. The predicted molar refractivity (Wildman–Crippen MR) is 66.4 cm³/mol. The van der Waals surface area contributed by atoms with Crippen LogP contribution in [0.25, 0.3) is 0 Å². The summed E-state index contributed by atoms with van der Waals surface area (Å²) in [5.41, 5.74) is 1.18. The molecule has 0 bridgehead atoms. The first-order valence-corrected chi connectivity index (χ1v) is 6.04. The molecule has 16 heavy (non-hydrogen) atoms. The van der Waals surface area contributed by atoms with Crippen LogP contribution in [0.3, 0.4) is 0 Å². The Morgan fingerprint density at radius 2 is 2.06 bits per heavy atom. The highest BCUT2D eigenvalue weighted by Crippen LogP contribution is 2.27. The highest BCUT2D eigenvalue weighted by atomic mass is 35.5. The minimum atomic E-state index is 0.462. The summed E-state index contributed by atoms with van der Waals surface area (Å²) in [6, 6.07) is 2.02. The summed E-state index contributed by atoms with van der Waals surface area (Å²) in [4.78, 5) is 6.64. The largest absolute Gasteiger partial charge is 0.378 e. The first kappa shape index (κ1) is 11.7. The van der Waals surface area contributed by atoms with Gasteiger partial charge in [0, 0.05) is 19.3 Å². The Kier molecular flexibility index (Phi) is 3.66. The van der Waals surface area contributed by atoms with Crippen molar-refractivity contribution in [3.05, 3.63) is 22.8 Å². The van der Waals surface area contributed by atoms with Crippen molar-refractivity contribution in [3.63, 3.8) is 0 Å². The monoisotopic (exact) mass is 240 g/mol. The SMILES string of the molecule is CC(C)c1cnc(N2CCOCC2)c(Cl)c1. The van der Waals surface area contributed by atoms with Gasteiger partial charge in [-0.25, -0.2) is 4.98 Å². The Morgan fingerprint density at radius 3 is 2.62 bits per heavy atom. The molecule has 3 nitrogen and oxygen atoms in total. The van der Waals surface area contributed by atoms with Gasteiger partial charge in [-0.1, -0.05) is 25.4 Å². The second kappa shape index (κ2) is 5.02. The van der Waals surface area contributed by atoms with Crippen LogP contribution in [0.4, 0.5) is 5.82 Å². The van der Waals surface area contributed by atoms with Crippen LogP contribution in [0.5, 0.6) is 0 Å². The molecule has 0 unspecified atom stereocenters. The van der Waals surface area contributed by atoms with E-state index in [2.05, 4.69) is 23.7 Å². The Labute approximate surface area is 101 Å². The number of ether oxygens (including phenoxy) is 1. The Bertz CT molecular complexity index is 362. The maximum atomic E-state index is 6.26. The molecule has 0 amide bonds. The van der Waals surface area contributed by atoms with E-state index < -0.39 is 0 Å². The van der Waals surface area contributed by atoms with Gasteiger partial charge in [0.2, 0.25) is 0 Å². The van der Waals surface area contributed by atoms with Crippen LogP contribution in [0.2, 0.25) is 5.02 Å². The summed E-state index contributed by atoms with van der Waals surface area (Å²) in [5, 5.41) is 0.744. The van der Waals surface area contributed by atoms with Gasteiger partial charge in [0.05, 0.1) is 18.2 Å². The lowest BCUT2D eigenvalue weighted by Crippen LogP contribution is -2.36. The Hall–Kier alpha value is -0.800. The molecule has 1 fully saturated rings. The van der Waals surface area contributed by atoms with Gasteiger partial charge < -0.3 is 9.64 Å². The number of nitrogens with zero attached hydrogens (tertiary/aromatic N) is 2. The summed E-state index contributed by atoms with van der Waals surface area (Å²) >= 11 is 6.26. The van der Waals surface area contributed by atoms with E-state index >= 15 is 0 Å². The number of anilines is 1. The molecule has 1 aliphatic rings. The zero-order chi connectivity index (χ0) is 11.5. The van der Waals surface area contributed by atoms with Crippen LogP contribution in [0, 0.1) is 0 Å². The van der Waals surface area contributed by atoms with Crippen LogP contribution in [-0.4, -0.2) is 31.3 Å². The fraction of sp³-hybridized carbons (Fsp3) is 0.583. The number of halogens is 1. The summed E-state index contributed by atoms with van der Waals surface area (Å²) in [6.07, 6.45) is 1.92. The minimum Gasteiger partial charge on any atom is -0.378 e. The summed E-state index contributed by atoms with van der Waals surface area (Å²) in [5.74, 6) is 1.35. The standard InChI is InChI=1S/C12H17ClN2O/c1-9(2)10-7-11(13)12(14-8-10)15-3-5-16-6-4-15/h7-9H,3-6H2,1-2H3. The molecular weight excluding hydrogens is 224 g/mol. The summed E-state index contributed by atoms with van der Waals surface area (Å²) in [7, 11) is 0. The summed E-state index contributed by atoms with van der Waals surface area (Å²) in [6.45, 7) is 7.53. The zero-order valence-electron chi connectivity index (χ0n) is 9.74. The number of rotatable bonds is 2. The van der Waals surface area contributed by atoms with Crippen molar-refractivity contribution in [2.75, 3.05) is 31.2 Å². The van der Waals surface area contributed by atoms with E-state index in [4.69, 9.17) is 16.3 Å². The average Bonchev–Trinajstić information content (AvgIpc) is 2.30. The Balaban J connectivity index is 2.21. The van der Waals surface area contributed by atoms with E-state index in [9.17, 15) is 0 Å². The maximum Gasteiger partial charge on any atom is 0.147 e. The topological polar surface area (TPSA) is 25.4 Å². The minimum absolute atomic E-state index is 0.462. The van der Waals surface area contributed by atoms with Crippen LogP contribution >= 0.6 is 11.6 Å². The quantitative estimate of drug-likeness (QED) is 0.795. The predicted octanol–water partition coefficient (Wildman–Crippen LogP) is 2.70. The molecule has 4 heteroatoms. The molecular formula is C12H17ClN2O. The Morgan fingerprint density at radius 1 is 1.38 bits per heavy atom. The lowest BCUT2D eigenvalue weighted by atomic mass is 10.1.